The van der Waals surface area contributed by atoms with Gasteiger partial charge in [0.15, 0.2) is 18.2 Å². The molecule has 1 saturated heterocycles. The molecule has 1 aliphatic heterocycles. The van der Waals surface area contributed by atoms with Gasteiger partial charge in [-0.2, -0.15) is 0 Å². The summed E-state index contributed by atoms with van der Waals surface area (Å²) in [6.07, 6.45) is -4.55. The van der Waals surface area contributed by atoms with Crippen molar-refractivity contribution in [2.75, 3.05) is 6.61 Å². The zero-order chi connectivity index (χ0) is 18.1. The van der Waals surface area contributed by atoms with Crippen molar-refractivity contribution in [3.63, 3.8) is 0 Å². The van der Waals surface area contributed by atoms with Gasteiger partial charge in [0.05, 0.1) is 6.61 Å². The van der Waals surface area contributed by atoms with Crippen LogP contribution in [0.15, 0.2) is 17.2 Å². The number of amides is 1. The maximum Gasteiger partial charge on any atom is 0.474 e. The number of ether oxygens (including phenoxy) is 1. The van der Waals surface area contributed by atoms with Crippen LogP contribution in [0, 0.1) is 0 Å². The highest BCUT2D eigenvalue weighted by atomic mass is 31.2. The van der Waals surface area contributed by atoms with Crippen LogP contribution in [-0.4, -0.2) is 55.7 Å². The highest BCUT2D eigenvalue weighted by Crippen LogP contribution is 2.47. The number of carbonyl (C=O) groups is 1. The average molecular weight is 365 g/mol. The zero-order valence-electron chi connectivity index (χ0n) is 12.4. The molecular weight excluding hydrogens is 349 g/mol. The normalized spacial score (nSPS) is 29.3. The predicted octanol–water partition coefficient (Wildman–Crippen LogP) is -1.93. The van der Waals surface area contributed by atoms with Gasteiger partial charge in [0.25, 0.3) is 11.5 Å². The monoisotopic (exact) mass is 365 g/mol. The lowest BCUT2D eigenvalue weighted by molar-refractivity contribution is -0.137. The van der Waals surface area contributed by atoms with Gasteiger partial charge < -0.3 is 25.6 Å². The van der Waals surface area contributed by atoms with E-state index in [2.05, 4.69) is 14.0 Å². The minimum absolute atomic E-state index is 0.144. The predicted molar refractivity (Wildman–Crippen MR) is 75.5 cm³/mol. The summed E-state index contributed by atoms with van der Waals surface area (Å²) in [4.78, 5) is 36.2. The summed E-state index contributed by atoms with van der Waals surface area (Å²) >= 11 is 0. The molecule has 0 aromatic carbocycles. The van der Waals surface area contributed by atoms with Crippen molar-refractivity contribution < 1.29 is 38.3 Å². The van der Waals surface area contributed by atoms with Crippen molar-refractivity contribution >= 4 is 13.7 Å². The highest BCUT2D eigenvalue weighted by molar-refractivity contribution is 7.47. The van der Waals surface area contributed by atoms with Gasteiger partial charge >= 0.3 is 7.82 Å². The Morgan fingerprint density at radius 1 is 1.50 bits per heavy atom. The van der Waals surface area contributed by atoms with Crippen molar-refractivity contribution in [3.8, 4) is 0 Å². The minimum atomic E-state index is -4.53. The van der Waals surface area contributed by atoms with Crippen LogP contribution in [0.4, 0.5) is 0 Å². The van der Waals surface area contributed by atoms with Gasteiger partial charge in [-0.15, -0.1) is 0 Å². The largest absolute Gasteiger partial charge is 0.474 e. The molecule has 0 aliphatic carbocycles. The van der Waals surface area contributed by atoms with E-state index in [-0.39, 0.29) is 6.61 Å². The molecule has 2 heterocycles. The molecule has 13 heteroatoms. The molecule has 1 amide bonds. The van der Waals surface area contributed by atoms with Crippen LogP contribution in [0.5, 0.6) is 0 Å². The van der Waals surface area contributed by atoms with Crippen LogP contribution in [0.25, 0.3) is 0 Å². The second-order valence-corrected chi connectivity index (χ2v) is 6.13. The number of aromatic nitrogens is 2. The number of nitrogens with zero attached hydrogens (tertiary/aromatic N) is 2. The van der Waals surface area contributed by atoms with Crippen LogP contribution < -0.4 is 11.3 Å². The maximum absolute atomic E-state index is 12.1. The SMILES string of the molecule is CCOP(=O)(O)O[C@H]1O[C@@H](n2ccnc(C(N)=O)c2=O)[C@H](O)[C@@H]1O. The van der Waals surface area contributed by atoms with E-state index >= 15 is 0 Å². The third-order valence-electron chi connectivity index (χ3n) is 3.10. The Labute approximate surface area is 135 Å². The molecule has 2 rings (SSSR count). The Bertz CT molecular complexity index is 723. The Morgan fingerprint density at radius 3 is 2.75 bits per heavy atom. The average Bonchev–Trinajstić information content (AvgIpc) is 2.75. The Hall–Kier alpha value is -1.66. The third kappa shape index (κ3) is 3.70. The fourth-order valence-corrected chi connectivity index (χ4v) is 2.89. The standard InChI is InChI=1S/C11H16N3O9P/c1-2-21-24(19,20)23-11-7(16)6(15)10(22-11)14-4-3-13-5(8(12)17)9(14)18/h3-4,6-7,10-11,15-16H,2H2,1H3,(H2,12,17)(H,19,20)/t6-,7+,10-,11-/m1/s1. The zero-order valence-corrected chi connectivity index (χ0v) is 13.3. The number of phosphoric acid groups is 1. The number of primary amides is 1. The number of phosphoric ester groups is 1. The maximum atomic E-state index is 12.1. The molecule has 1 unspecified atom stereocenters. The molecule has 1 fully saturated rings. The molecule has 12 nitrogen and oxygen atoms in total. The van der Waals surface area contributed by atoms with Crippen LogP contribution >= 0.6 is 7.82 Å². The molecule has 0 saturated carbocycles. The van der Waals surface area contributed by atoms with E-state index in [4.69, 9.17) is 10.5 Å². The first-order chi connectivity index (χ1) is 11.2. The molecule has 1 aliphatic rings. The lowest BCUT2D eigenvalue weighted by atomic mass is 10.2. The van der Waals surface area contributed by atoms with Crippen LogP contribution in [-0.2, 0) is 18.3 Å². The number of hydrogen-bond acceptors (Lipinski definition) is 9. The second kappa shape index (κ2) is 7.07. The number of aliphatic hydroxyl groups excluding tert-OH is 2. The number of carbonyl (C=O) groups excluding carboxylic acids is 1. The van der Waals surface area contributed by atoms with E-state index in [1.54, 1.807) is 0 Å². The molecule has 1 aromatic heterocycles. The van der Waals surface area contributed by atoms with Gasteiger partial charge in [-0.25, -0.2) is 9.55 Å². The summed E-state index contributed by atoms with van der Waals surface area (Å²) in [6.45, 7) is 1.30. The lowest BCUT2D eigenvalue weighted by Gasteiger charge is -2.18. The van der Waals surface area contributed by atoms with Crippen molar-refractivity contribution in [2.24, 2.45) is 5.73 Å². The van der Waals surface area contributed by atoms with Gasteiger partial charge in [0, 0.05) is 12.4 Å². The molecule has 5 N–H and O–H groups in total. The summed E-state index contributed by atoms with van der Waals surface area (Å²) in [5.74, 6) is -1.09. The first-order valence-corrected chi connectivity index (χ1v) is 8.21. The highest BCUT2D eigenvalue weighted by Gasteiger charge is 2.48. The van der Waals surface area contributed by atoms with E-state index < -0.39 is 49.7 Å². The molecular formula is C11H16N3O9P. The van der Waals surface area contributed by atoms with Gasteiger partial charge in [0.2, 0.25) is 0 Å². The first-order valence-electron chi connectivity index (χ1n) is 6.72. The lowest BCUT2D eigenvalue weighted by Crippen LogP contribution is -2.37. The molecule has 1 aromatic rings. The fraction of sp³-hybridized carbons (Fsp3) is 0.545. The number of hydrogen-bond donors (Lipinski definition) is 4. The molecule has 5 atom stereocenters. The third-order valence-corrected chi connectivity index (χ3v) is 4.16. The molecule has 24 heavy (non-hydrogen) atoms. The fourth-order valence-electron chi connectivity index (χ4n) is 2.06. The molecule has 0 spiro atoms. The van der Waals surface area contributed by atoms with E-state index in [1.807, 2.05) is 0 Å². The molecule has 0 radical (unpaired) electrons. The van der Waals surface area contributed by atoms with Gasteiger partial charge in [0.1, 0.15) is 12.2 Å². The summed E-state index contributed by atoms with van der Waals surface area (Å²) in [6, 6.07) is 0. The first kappa shape index (κ1) is 18.7. The number of nitrogens with two attached hydrogens (primary N) is 1. The molecule has 134 valence electrons. The number of rotatable bonds is 6. The minimum Gasteiger partial charge on any atom is -0.385 e. The summed E-state index contributed by atoms with van der Waals surface area (Å²) in [7, 11) is -4.53. The van der Waals surface area contributed by atoms with E-state index in [0.717, 1.165) is 17.0 Å². The van der Waals surface area contributed by atoms with Crippen LogP contribution in [0.1, 0.15) is 23.6 Å². The Morgan fingerprint density at radius 2 is 2.17 bits per heavy atom. The van der Waals surface area contributed by atoms with Crippen molar-refractivity contribution in [3.05, 3.63) is 28.4 Å². The van der Waals surface area contributed by atoms with Crippen molar-refractivity contribution in [1.82, 2.24) is 9.55 Å². The van der Waals surface area contributed by atoms with E-state index in [0.29, 0.717) is 0 Å². The molecule has 0 bridgehead atoms. The van der Waals surface area contributed by atoms with Gasteiger partial charge in [-0.1, -0.05) is 0 Å². The summed E-state index contributed by atoms with van der Waals surface area (Å²) in [5, 5.41) is 19.9. The summed E-state index contributed by atoms with van der Waals surface area (Å²) in [5.41, 5.74) is 3.43. The topological polar surface area (TPSA) is 183 Å². The van der Waals surface area contributed by atoms with Gasteiger partial charge in [-0.05, 0) is 6.92 Å². The Kier molecular flexibility index (Phi) is 5.50. The van der Waals surface area contributed by atoms with E-state index in [1.165, 1.54) is 6.92 Å². The smallest absolute Gasteiger partial charge is 0.385 e. The Balaban J connectivity index is 2.28. The quantitative estimate of drug-likeness (QED) is 0.414. The van der Waals surface area contributed by atoms with Crippen molar-refractivity contribution in [1.29, 1.82) is 0 Å². The van der Waals surface area contributed by atoms with E-state index in [9.17, 15) is 29.3 Å². The van der Waals surface area contributed by atoms with Crippen LogP contribution in [0.3, 0.4) is 0 Å². The summed E-state index contributed by atoms with van der Waals surface area (Å²) < 4.78 is 26.5. The second-order valence-electron chi connectivity index (χ2n) is 4.72. The number of aliphatic hydroxyl groups is 2. The van der Waals surface area contributed by atoms with Gasteiger partial charge in [-0.3, -0.25) is 23.2 Å². The van der Waals surface area contributed by atoms with Crippen molar-refractivity contribution in [2.45, 2.75) is 31.6 Å². The van der Waals surface area contributed by atoms with Crippen LogP contribution in [0.2, 0.25) is 0 Å².